The van der Waals surface area contributed by atoms with Crippen LogP contribution < -0.4 is 5.32 Å². The van der Waals surface area contributed by atoms with Crippen LogP contribution in [0.1, 0.15) is 51.4 Å². The van der Waals surface area contributed by atoms with Crippen LogP contribution in [0.5, 0.6) is 0 Å². The monoisotopic (exact) mass is 224 g/mol. The molecule has 2 unspecified atom stereocenters. The average Bonchev–Trinajstić information content (AvgIpc) is 2.52. The Morgan fingerprint density at radius 3 is 2.19 bits per heavy atom. The van der Waals surface area contributed by atoms with Crippen molar-refractivity contribution in [2.75, 3.05) is 20.6 Å². The molecule has 2 aliphatic carbocycles. The van der Waals surface area contributed by atoms with Gasteiger partial charge in [-0.1, -0.05) is 25.7 Å². The van der Waals surface area contributed by atoms with Gasteiger partial charge in [-0.2, -0.15) is 0 Å². The van der Waals surface area contributed by atoms with Crippen molar-refractivity contribution in [3.63, 3.8) is 0 Å². The van der Waals surface area contributed by atoms with E-state index >= 15 is 0 Å². The summed E-state index contributed by atoms with van der Waals surface area (Å²) >= 11 is 0. The summed E-state index contributed by atoms with van der Waals surface area (Å²) in [6, 6.07) is 1.75. The number of nitrogens with zero attached hydrogens (tertiary/aromatic N) is 1. The Morgan fingerprint density at radius 1 is 1.00 bits per heavy atom. The normalized spacial score (nSPS) is 32.4. The van der Waals surface area contributed by atoms with E-state index in [9.17, 15) is 0 Å². The third-order valence-corrected chi connectivity index (χ3v) is 4.77. The van der Waals surface area contributed by atoms with Crippen LogP contribution in [-0.4, -0.2) is 37.6 Å². The smallest absolute Gasteiger partial charge is 0.0136 e. The molecule has 2 nitrogen and oxygen atoms in total. The highest BCUT2D eigenvalue weighted by Crippen LogP contribution is 2.34. The summed E-state index contributed by atoms with van der Waals surface area (Å²) in [5.74, 6) is 0.915. The van der Waals surface area contributed by atoms with Gasteiger partial charge in [0.15, 0.2) is 0 Å². The Kier molecular flexibility index (Phi) is 4.66. The first-order valence-electron chi connectivity index (χ1n) is 7.19. The highest BCUT2D eigenvalue weighted by Gasteiger charge is 2.35. The molecule has 2 heteroatoms. The second-order valence-electron chi connectivity index (χ2n) is 5.77. The third kappa shape index (κ3) is 2.78. The van der Waals surface area contributed by atoms with E-state index in [-0.39, 0.29) is 0 Å². The highest BCUT2D eigenvalue weighted by atomic mass is 15.2. The van der Waals surface area contributed by atoms with E-state index in [4.69, 9.17) is 0 Å². The Labute approximate surface area is 101 Å². The van der Waals surface area contributed by atoms with Gasteiger partial charge in [-0.15, -0.1) is 0 Å². The fraction of sp³-hybridized carbons (Fsp3) is 1.00. The van der Waals surface area contributed by atoms with Crippen molar-refractivity contribution in [2.45, 2.75) is 63.5 Å². The van der Waals surface area contributed by atoms with Gasteiger partial charge in [0, 0.05) is 12.1 Å². The molecule has 16 heavy (non-hydrogen) atoms. The maximum Gasteiger partial charge on any atom is 0.0136 e. The van der Waals surface area contributed by atoms with Crippen LogP contribution in [0.15, 0.2) is 0 Å². The van der Waals surface area contributed by atoms with Gasteiger partial charge in [-0.05, 0) is 52.2 Å². The van der Waals surface area contributed by atoms with E-state index in [0.29, 0.717) is 0 Å². The number of hydrogen-bond acceptors (Lipinski definition) is 2. The average molecular weight is 224 g/mol. The second-order valence-corrected chi connectivity index (χ2v) is 5.77. The van der Waals surface area contributed by atoms with Gasteiger partial charge in [-0.25, -0.2) is 0 Å². The largest absolute Gasteiger partial charge is 0.319 e. The molecule has 94 valence electrons. The SMILES string of the molecule is CNCC1CCC1N(C)C1CCCCCC1. The van der Waals surface area contributed by atoms with Crippen molar-refractivity contribution in [3.8, 4) is 0 Å². The summed E-state index contributed by atoms with van der Waals surface area (Å²) in [6.07, 6.45) is 11.6. The molecule has 0 aromatic carbocycles. The lowest BCUT2D eigenvalue weighted by Crippen LogP contribution is -2.52. The van der Waals surface area contributed by atoms with E-state index in [0.717, 1.165) is 18.0 Å². The van der Waals surface area contributed by atoms with Crippen molar-refractivity contribution in [3.05, 3.63) is 0 Å². The summed E-state index contributed by atoms with van der Waals surface area (Å²) < 4.78 is 0. The maximum absolute atomic E-state index is 3.34. The van der Waals surface area contributed by atoms with Crippen LogP contribution in [-0.2, 0) is 0 Å². The molecule has 0 aromatic rings. The quantitative estimate of drug-likeness (QED) is 0.739. The fourth-order valence-corrected chi connectivity index (χ4v) is 3.52. The first-order chi connectivity index (χ1) is 7.83. The molecule has 1 N–H and O–H groups in total. The molecule has 0 aromatic heterocycles. The van der Waals surface area contributed by atoms with Crippen molar-refractivity contribution < 1.29 is 0 Å². The molecule has 2 aliphatic rings. The van der Waals surface area contributed by atoms with E-state index in [1.54, 1.807) is 0 Å². The lowest BCUT2D eigenvalue weighted by atomic mass is 9.77. The summed E-state index contributed by atoms with van der Waals surface area (Å²) in [7, 11) is 4.46. The number of nitrogens with one attached hydrogen (secondary N) is 1. The molecule has 2 fully saturated rings. The zero-order valence-electron chi connectivity index (χ0n) is 11.0. The summed E-state index contributed by atoms with van der Waals surface area (Å²) in [5, 5.41) is 3.34. The van der Waals surface area contributed by atoms with Gasteiger partial charge in [0.2, 0.25) is 0 Å². The van der Waals surface area contributed by atoms with Gasteiger partial charge in [0.05, 0.1) is 0 Å². The molecular weight excluding hydrogens is 196 g/mol. The minimum Gasteiger partial charge on any atom is -0.319 e. The van der Waals surface area contributed by atoms with Gasteiger partial charge in [0.25, 0.3) is 0 Å². The lowest BCUT2D eigenvalue weighted by Gasteiger charge is -2.46. The molecule has 0 saturated heterocycles. The highest BCUT2D eigenvalue weighted by molar-refractivity contribution is 4.91. The third-order valence-electron chi connectivity index (χ3n) is 4.77. The zero-order valence-corrected chi connectivity index (χ0v) is 11.0. The Hall–Kier alpha value is -0.0800. The van der Waals surface area contributed by atoms with E-state index in [1.165, 1.54) is 57.9 Å². The van der Waals surface area contributed by atoms with E-state index in [1.807, 2.05) is 0 Å². The number of rotatable bonds is 4. The first-order valence-corrected chi connectivity index (χ1v) is 7.19. The summed E-state index contributed by atoms with van der Waals surface area (Å²) in [4.78, 5) is 2.72. The maximum atomic E-state index is 3.34. The fourth-order valence-electron chi connectivity index (χ4n) is 3.52. The van der Waals surface area contributed by atoms with Gasteiger partial charge in [0.1, 0.15) is 0 Å². The van der Waals surface area contributed by atoms with Crippen molar-refractivity contribution in [1.29, 1.82) is 0 Å². The molecule has 2 atom stereocenters. The van der Waals surface area contributed by atoms with Gasteiger partial charge in [-0.3, -0.25) is 0 Å². The molecule has 0 aliphatic heterocycles. The van der Waals surface area contributed by atoms with Crippen molar-refractivity contribution in [1.82, 2.24) is 10.2 Å². The molecule has 0 bridgehead atoms. The topological polar surface area (TPSA) is 15.3 Å². The van der Waals surface area contributed by atoms with E-state index < -0.39 is 0 Å². The second kappa shape index (κ2) is 6.02. The Balaban J connectivity index is 1.83. The predicted octanol–water partition coefficient (Wildman–Crippen LogP) is 2.64. The summed E-state index contributed by atoms with van der Waals surface area (Å²) in [6.45, 7) is 1.21. The Bertz CT molecular complexity index is 197. The zero-order chi connectivity index (χ0) is 11.4. The van der Waals surface area contributed by atoms with Crippen LogP contribution >= 0.6 is 0 Å². The lowest BCUT2D eigenvalue weighted by molar-refractivity contribution is 0.0450. The van der Waals surface area contributed by atoms with Crippen LogP contribution in [0, 0.1) is 5.92 Å². The van der Waals surface area contributed by atoms with Gasteiger partial charge < -0.3 is 10.2 Å². The van der Waals surface area contributed by atoms with E-state index in [2.05, 4.69) is 24.3 Å². The molecule has 2 saturated carbocycles. The minimum atomic E-state index is 0.871. The molecule has 2 rings (SSSR count). The molecule has 0 spiro atoms. The first kappa shape index (κ1) is 12.4. The molecule has 0 amide bonds. The van der Waals surface area contributed by atoms with Crippen LogP contribution in [0.25, 0.3) is 0 Å². The van der Waals surface area contributed by atoms with Crippen LogP contribution in [0.4, 0.5) is 0 Å². The van der Waals surface area contributed by atoms with Crippen LogP contribution in [0.2, 0.25) is 0 Å². The van der Waals surface area contributed by atoms with Crippen molar-refractivity contribution in [2.24, 2.45) is 5.92 Å². The molecule has 0 heterocycles. The number of hydrogen-bond donors (Lipinski definition) is 1. The van der Waals surface area contributed by atoms with Crippen molar-refractivity contribution >= 4 is 0 Å². The van der Waals surface area contributed by atoms with Gasteiger partial charge >= 0.3 is 0 Å². The molecular formula is C14H28N2. The standard InChI is InChI=1S/C14H28N2/c1-15-11-12-9-10-14(12)16(2)13-7-5-3-4-6-8-13/h12-15H,3-11H2,1-2H3. The minimum absolute atomic E-state index is 0.871. The Morgan fingerprint density at radius 2 is 1.69 bits per heavy atom. The summed E-state index contributed by atoms with van der Waals surface area (Å²) in [5.41, 5.74) is 0. The molecule has 0 radical (unpaired) electrons. The van der Waals surface area contributed by atoms with Crippen LogP contribution in [0.3, 0.4) is 0 Å². The predicted molar refractivity (Wildman–Crippen MR) is 69.7 cm³/mol.